The SMILES string of the molecule is CCCNc1ccc([N+](=O)[O-])c(N2CCC(O)CC2)n1. The van der Waals surface area contributed by atoms with Crippen molar-refractivity contribution in [2.75, 3.05) is 29.9 Å². The molecule has 2 N–H and O–H groups in total. The second-order valence-corrected chi connectivity index (χ2v) is 4.94. The molecule has 0 aliphatic carbocycles. The van der Waals surface area contributed by atoms with Crippen molar-refractivity contribution in [2.24, 2.45) is 0 Å². The molecule has 1 aromatic heterocycles. The first-order valence-corrected chi connectivity index (χ1v) is 6.94. The van der Waals surface area contributed by atoms with E-state index in [0.29, 0.717) is 37.6 Å². The number of anilines is 2. The van der Waals surface area contributed by atoms with Crippen LogP contribution >= 0.6 is 0 Å². The standard InChI is InChI=1S/C13H20N4O3/c1-2-7-14-12-4-3-11(17(19)20)13(15-12)16-8-5-10(18)6-9-16/h3-4,10,18H,2,5-9H2,1H3,(H,14,15). The van der Waals surface area contributed by atoms with E-state index in [1.54, 1.807) is 6.07 Å². The van der Waals surface area contributed by atoms with Gasteiger partial charge < -0.3 is 15.3 Å². The summed E-state index contributed by atoms with van der Waals surface area (Å²) in [5.41, 5.74) is 0.0171. The fraction of sp³-hybridized carbons (Fsp3) is 0.615. The van der Waals surface area contributed by atoms with Gasteiger partial charge in [0.05, 0.1) is 11.0 Å². The Balaban J connectivity index is 2.24. The third-order valence-electron chi connectivity index (χ3n) is 3.37. The van der Waals surface area contributed by atoms with E-state index in [2.05, 4.69) is 10.3 Å². The van der Waals surface area contributed by atoms with Crippen LogP contribution in [0.2, 0.25) is 0 Å². The Morgan fingerprint density at radius 1 is 1.50 bits per heavy atom. The number of piperidine rings is 1. The van der Waals surface area contributed by atoms with Gasteiger partial charge in [-0.25, -0.2) is 4.98 Å². The largest absolute Gasteiger partial charge is 0.393 e. The highest BCUT2D eigenvalue weighted by molar-refractivity contribution is 5.62. The topological polar surface area (TPSA) is 91.5 Å². The van der Waals surface area contributed by atoms with E-state index in [0.717, 1.165) is 13.0 Å². The molecule has 20 heavy (non-hydrogen) atoms. The van der Waals surface area contributed by atoms with Crippen LogP contribution in [0.1, 0.15) is 26.2 Å². The highest BCUT2D eigenvalue weighted by atomic mass is 16.6. The number of nitro groups is 1. The molecule has 1 aliphatic heterocycles. The van der Waals surface area contributed by atoms with Crippen LogP contribution in [-0.2, 0) is 0 Å². The van der Waals surface area contributed by atoms with E-state index in [1.807, 2.05) is 11.8 Å². The van der Waals surface area contributed by atoms with Gasteiger partial charge in [-0.15, -0.1) is 0 Å². The van der Waals surface area contributed by atoms with Gasteiger partial charge in [-0.2, -0.15) is 0 Å². The molecule has 7 heteroatoms. The third-order valence-corrected chi connectivity index (χ3v) is 3.37. The second kappa shape index (κ2) is 6.51. The number of hydrogen-bond acceptors (Lipinski definition) is 6. The fourth-order valence-electron chi connectivity index (χ4n) is 2.25. The van der Waals surface area contributed by atoms with Crippen LogP contribution in [0, 0.1) is 10.1 Å². The maximum atomic E-state index is 11.1. The number of aliphatic hydroxyl groups excluding tert-OH is 1. The normalized spacial score (nSPS) is 16.2. The summed E-state index contributed by atoms with van der Waals surface area (Å²) < 4.78 is 0. The Morgan fingerprint density at radius 2 is 2.20 bits per heavy atom. The number of hydrogen-bond donors (Lipinski definition) is 2. The van der Waals surface area contributed by atoms with E-state index in [4.69, 9.17) is 0 Å². The summed E-state index contributed by atoms with van der Waals surface area (Å²) in [4.78, 5) is 17.0. The average molecular weight is 280 g/mol. The summed E-state index contributed by atoms with van der Waals surface area (Å²) in [6, 6.07) is 3.13. The molecular formula is C13H20N4O3. The van der Waals surface area contributed by atoms with Crippen LogP contribution in [0.25, 0.3) is 0 Å². The number of rotatable bonds is 5. The van der Waals surface area contributed by atoms with Gasteiger partial charge in [-0.1, -0.05) is 6.92 Å². The Labute approximate surface area is 117 Å². The number of nitrogens with one attached hydrogen (secondary N) is 1. The number of aliphatic hydroxyl groups is 1. The first-order valence-electron chi connectivity index (χ1n) is 6.94. The molecule has 0 amide bonds. The molecule has 2 rings (SSSR count). The molecule has 2 heterocycles. The predicted octanol–water partition coefficient (Wildman–Crippen LogP) is 1.77. The van der Waals surface area contributed by atoms with Gasteiger partial charge >= 0.3 is 5.69 Å². The molecule has 0 aromatic carbocycles. The summed E-state index contributed by atoms with van der Waals surface area (Å²) in [5.74, 6) is 1.04. The highest BCUT2D eigenvalue weighted by Crippen LogP contribution is 2.29. The van der Waals surface area contributed by atoms with Crippen molar-refractivity contribution in [3.05, 3.63) is 22.2 Å². The minimum absolute atomic E-state index is 0.0171. The fourth-order valence-corrected chi connectivity index (χ4v) is 2.25. The van der Waals surface area contributed by atoms with Crippen molar-refractivity contribution in [1.29, 1.82) is 0 Å². The molecule has 0 bridgehead atoms. The lowest BCUT2D eigenvalue weighted by Gasteiger charge is -2.30. The van der Waals surface area contributed by atoms with Crippen molar-refractivity contribution in [3.63, 3.8) is 0 Å². The quantitative estimate of drug-likeness (QED) is 0.631. The van der Waals surface area contributed by atoms with E-state index in [-0.39, 0.29) is 11.8 Å². The molecule has 1 fully saturated rings. The van der Waals surface area contributed by atoms with Gasteiger partial charge in [0.15, 0.2) is 0 Å². The lowest BCUT2D eigenvalue weighted by molar-refractivity contribution is -0.384. The van der Waals surface area contributed by atoms with Crippen molar-refractivity contribution in [2.45, 2.75) is 32.3 Å². The lowest BCUT2D eigenvalue weighted by atomic mass is 10.1. The van der Waals surface area contributed by atoms with Crippen LogP contribution in [0.15, 0.2) is 12.1 Å². The summed E-state index contributed by atoms with van der Waals surface area (Å²) >= 11 is 0. The molecule has 0 spiro atoms. The smallest absolute Gasteiger partial charge is 0.311 e. The molecular weight excluding hydrogens is 260 g/mol. The van der Waals surface area contributed by atoms with E-state index in [1.165, 1.54) is 6.07 Å². The summed E-state index contributed by atoms with van der Waals surface area (Å²) in [6.07, 6.45) is 1.88. The summed E-state index contributed by atoms with van der Waals surface area (Å²) in [5, 5.41) is 23.8. The molecule has 110 valence electrons. The predicted molar refractivity (Wildman–Crippen MR) is 77.1 cm³/mol. The van der Waals surface area contributed by atoms with Crippen LogP contribution in [0.5, 0.6) is 0 Å². The third kappa shape index (κ3) is 3.36. The molecule has 0 atom stereocenters. The molecule has 0 radical (unpaired) electrons. The Morgan fingerprint density at radius 3 is 2.80 bits per heavy atom. The maximum absolute atomic E-state index is 11.1. The molecule has 1 aliphatic rings. The number of pyridine rings is 1. The Bertz CT molecular complexity index is 473. The minimum atomic E-state index is -0.406. The van der Waals surface area contributed by atoms with Crippen molar-refractivity contribution in [1.82, 2.24) is 4.98 Å². The van der Waals surface area contributed by atoms with Gasteiger partial charge in [0.1, 0.15) is 5.82 Å². The van der Waals surface area contributed by atoms with E-state index in [9.17, 15) is 15.2 Å². The van der Waals surface area contributed by atoms with Gasteiger partial charge in [0, 0.05) is 25.7 Å². The zero-order chi connectivity index (χ0) is 14.5. The molecule has 0 unspecified atom stereocenters. The van der Waals surface area contributed by atoms with Gasteiger partial charge in [-0.05, 0) is 25.3 Å². The van der Waals surface area contributed by atoms with Crippen LogP contribution < -0.4 is 10.2 Å². The van der Waals surface area contributed by atoms with E-state index >= 15 is 0 Å². The van der Waals surface area contributed by atoms with E-state index < -0.39 is 4.92 Å². The minimum Gasteiger partial charge on any atom is -0.393 e. The summed E-state index contributed by atoms with van der Waals surface area (Å²) in [6.45, 7) is 4.01. The lowest BCUT2D eigenvalue weighted by Crippen LogP contribution is -2.36. The Kier molecular flexibility index (Phi) is 4.73. The van der Waals surface area contributed by atoms with Crippen molar-refractivity contribution >= 4 is 17.3 Å². The van der Waals surface area contributed by atoms with Crippen LogP contribution in [0.4, 0.5) is 17.3 Å². The second-order valence-electron chi connectivity index (χ2n) is 4.94. The van der Waals surface area contributed by atoms with Crippen LogP contribution in [-0.4, -0.2) is 40.8 Å². The van der Waals surface area contributed by atoms with Crippen molar-refractivity contribution in [3.8, 4) is 0 Å². The van der Waals surface area contributed by atoms with Crippen LogP contribution in [0.3, 0.4) is 0 Å². The first-order chi connectivity index (χ1) is 9.61. The molecule has 1 aromatic rings. The highest BCUT2D eigenvalue weighted by Gasteiger charge is 2.25. The maximum Gasteiger partial charge on any atom is 0.311 e. The summed E-state index contributed by atoms with van der Waals surface area (Å²) in [7, 11) is 0. The van der Waals surface area contributed by atoms with Gasteiger partial charge in [-0.3, -0.25) is 10.1 Å². The van der Waals surface area contributed by atoms with Gasteiger partial charge in [0.2, 0.25) is 5.82 Å². The van der Waals surface area contributed by atoms with Crippen molar-refractivity contribution < 1.29 is 10.0 Å². The Hall–Kier alpha value is -1.89. The number of aromatic nitrogens is 1. The average Bonchev–Trinajstić information content (AvgIpc) is 2.45. The zero-order valence-corrected chi connectivity index (χ0v) is 11.6. The molecule has 7 nitrogen and oxygen atoms in total. The zero-order valence-electron chi connectivity index (χ0n) is 11.6. The molecule has 0 saturated carbocycles. The number of nitrogens with zero attached hydrogens (tertiary/aromatic N) is 3. The first kappa shape index (κ1) is 14.5. The molecule has 1 saturated heterocycles. The van der Waals surface area contributed by atoms with Gasteiger partial charge in [0.25, 0.3) is 0 Å². The monoisotopic (exact) mass is 280 g/mol.